The molecule has 6 heteroatoms. The first-order chi connectivity index (χ1) is 13.0. The molecule has 6 nitrogen and oxygen atoms in total. The van der Waals surface area contributed by atoms with E-state index in [1.807, 2.05) is 42.2 Å². The van der Waals surface area contributed by atoms with E-state index in [0.717, 1.165) is 11.1 Å². The first kappa shape index (κ1) is 17.4. The summed E-state index contributed by atoms with van der Waals surface area (Å²) in [6, 6.07) is 13.0. The molecule has 0 saturated heterocycles. The van der Waals surface area contributed by atoms with Crippen LogP contribution in [0.5, 0.6) is 0 Å². The van der Waals surface area contributed by atoms with Crippen molar-refractivity contribution in [1.29, 1.82) is 0 Å². The lowest BCUT2D eigenvalue weighted by atomic mass is 9.94. The van der Waals surface area contributed by atoms with Crippen LogP contribution in [0.3, 0.4) is 0 Å². The van der Waals surface area contributed by atoms with E-state index in [4.69, 9.17) is 4.74 Å². The van der Waals surface area contributed by atoms with E-state index in [-0.39, 0.29) is 17.6 Å². The SMILES string of the molecule is COC(=O)[C@@H]1Cc2ccccc2CN1Cc1cc(=O)n2cc(C)ccc2n1. The number of benzene rings is 1. The van der Waals surface area contributed by atoms with Crippen LogP contribution in [0.2, 0.25) is 0 Å². The number of nitrogens with zero attached hydrogens (tertiary/aromatic N) is 3. The van der Waals surface area contributed by atoms with Gasteiger partial charge in [0, 0.05) is 25.4 Å². The average molecular weight is 363 g/mol. The number of carbonyl (C=O) groups is 1. The second-order valence-electron chi connectivity index (χ2n) is 6.94. The third-order valence-corrected chi connectivity index (χ3v) is 5.04. The van der Waals surface area contributed by atoms with Crippen LogP contribution in [0, 0.1) is 6.92 Å². The Kier molecular flexibility index (Phi) is 4.49. The summed E-state index contributed by atoms with van der Waals surface area (Å²) in [4.78, 5) is 31.5. The maximum absolute atomic E-state index is 12.5. The quantitative estimate of drug-likeness (QED) is 0.667. The Morgan fingerprint density at radius 1 is 1.22 bits per heavy atom. The van der Waals surface area contributed by atoms with Gasteiger partial charge in [-0.1, -0.05) is 30.3 Å². The lowest BCUT2D eigenvalue weighted by Crippen LogP contribution is -2.45. The van der Waals surface area contributed by atoms with Gasteiger partial charge >= 0.3 is 5.97 Å². The maximum Gasteiger partial charge on any atom is 0.323 e. The highest BCUT2D eigenvalue weighted by Gasteiger charge is 2.32. The Hall–Kier alpha value is -2.99. The molecule has 138 valence electrons. The van der Waals surface area contributed by atoms with E-state index in [9.17, 15) is 9.59 Å². The summed E-state index contributed by atoms with van der Waals surface area (Å²) in [6.07, 6.45) is 2.37. The number of aryl methyl sites for hydroxylation is 1. The number of hydrogen-bond acceptors (Lipinski definition) is 5. The number of esters is 1. The van der Waals surface area contributed by atoms with E-state index in [0.29, 0.717) is 30.9 Å². The molecular weight excluding hydrogens is 342 g/mol. The van der Waals surface area contributed by atoms with Gasteiger partial charge in [-0.3, -0.25) is 18.9 Å². The molecule has 3 heterocycles. The van der Waals surface area contributed by atoms with Crippen molar-refractivity contribution >= 4 is 11.6 Å². The number of hydrogen-bond donors (Lipinski definition) is 0. The van der Waals surface area contributed by atoms with Gasteiger partial charge in [0.15, 0.2) is 0 Å². The molecule has 0 spiro atoms. The van der Waals surface area contributed by atoms with Gasteiger partial charge in [0.2, 0.25) is 0 Å². The summed E-state index contributed by atoms with van der Waals surface area (Å²) in [5.74, 6) is -0.266. The monoisotopic (exact) mass is 363 g/mol. The van der Waals surface area contributed by atoms with Gasteiger partial charge in [-0.15, -0.1) is 0 Å². The highest BCUT2D eigenvalue weighted by atomic mass is 16.5. The molecule has 0 fully saturated rings. The predicted molar refractivity (Wildman–Crippen MR) is 101 cm³/mol. The summed E-state index contributed by atoms with van der Waals surface area (Å²) in [7, 11) is 1.41. The lowest BCUT2D eigenvalue weighted by Gasteiger charge is -2.34. The average Bonchev–Trinajstić information content (AvgIpc) is 2.67. The molecule has 1 atom stereocenters. The zero-order valence-corrected chi connectivity index (χ0v) is 15.4. The molecular formula is C21H21N3O3. The van der Waals surface area contributed by atoms with E-state index >= 15 is 0 Å². The van der Waals surface area contributed by atoms with Crippen molar-refractivity contribution in [3.05, 3.63) is 81.4 Å². The van der Waals surface area contributed by atoms with Crippen LogP contribution in [0.1, 0.15) is 22.4 Å². The number of rotatable bonds is 3. The Balaban J connectivity index is 1.69. The third kappa shape index (κ3) is 3.36. The van der Waals surface area contributed by atoms with Gasteiger partial charge in [0.05, 0.1) is 12.8 Å². The van der Waals surface area contributed by atoms with Crippen molar-refractivity contribution < 1.29 is 9.53 Å². The largest absolute Gasteiger partial charge is 0.468 e. The lowest BCUT2D eigenvalue weighted by molar-refractivity contribution is -0.148. The van der Waals surface area contributed by atoms with Crippen LogP contribution in [0.15, 0.2) is 53.5 Å². The number of carbonyl (C=O) groups excluding carboxylic acids is 1. The van der Waals surface area contributed by atoms with E-state index in [2.05, 4.69) is 11.1 Å². The highest BCUT2D eigenvalue weighted by Crippen LogP contribution is 2.25. The normalized spacial score (nSPS) is 16.9. The van der Waals surface area contributed by atoms with Crippen LogP contribution >= 0.6 is 0 Å². The van der Waals surface area contributed by atoms with Crippen molar-refractivity contribution in [3.8, 4) is 0 Å². The molecule has 0 N–H and O–H groups in total. The van der Waals surface area contributed by atoms with Crippen molar-refractivity contribution in [2.45, 2.75) is 32.5 Å². The Morgan fingerprint density at radius 2 is 2.00 bits per heavy atom. The van der Waals surface area contributed by atoms with Crippen LogP contribution in [-0.2, 0) is 29.0 Å². The third-order valence-electron chi connectivity index (χ3n) is 5.04. The second kappa shape index (κ2) is 6.96. The molecule has 0 saturated carbocycles. The van der Waals surface area contributed by atoms with Crippen molar-refractivity contribution in [2.24, 2.45) is 0 Å². The fraction of sp³-hybridized carbons (Fsp3) is 0.286. The second-order valence-corrected chi connectivity index (χ2v) is 6.94. The molecule has 27 heavy (non-hydrogen) atoms. The number of methoxy groups -OCH3 is 1. The predicted octanol–water partition coefficient (Wildman–Crippen LogP) is 2.10. The number of ether oxygens (including phenoxy) is 1. The molecule has 0 radical (unpaired) electrons. The van der Waals surface area contributed by atoms with Crippen molar-refractivity contribution in [3.63, 3.8) is 0 Å². The molecule has 1 aliphatic rings. The smallest absolute Gasteiger partial charge is 0.323 e. The minimum atomic E-state index is -0.386. The van der Waals surface area contributed by atoms with Gasteiger partial charge in [0.1, 0.15) is 11.7 Å². The Morgan fingerprint density at radius 3 is 2.78 bits per heavy atom. The number of pyridine rings is 1. The van der Waals surface area contributed by atoms with Crippen LogP contribution < -0.4 is 5.56 Å². The topological polar surface area (TPSA) is 63.9 Å². The molecule has 0 aliphatic carbocycles. The molecule has 0 bridgehead atoms. The van der Waals surface area contributed by atoms with Gasteiger partial charge in [-0.25, -0.2) is 4.98 Å². The van der Waals surface area contributed by atoms with Gasteiger partial charge in [-0.05, 0) is 36.1 Å². The highest BCUT2D eigenvalue weighted by molar-refractivity contribution is 5.76. The molecule has 4 rings (SSSR count). The van der Waals surface area contributed by atoms with Gasteiger partial charge in [-0.2, -0.15) is 0 Å². The standard InChI is InChI=1S/C21H21N3O3/c1-14-7-8-19-22-17(10-20(25)24(19)11-14)13-23-12-16-6-4-3-5-15(16)9-18(23)21(26)27-2/h3-8,10-11,18H,9,12-13H2,1-2H3/t18-/m0/s1. The van der Waals surface area contributed by atoms with Crippen LogP contribution in [0.4, 0.5) is 0 Å². The Bertz CT molecular complexity index is 1070. The van der Waals surface area contributed by atoms with Gasteiger partial charge in [0.25, 0.3) is 5.56 Å². The van der Waals surface area contributed by atoms with Gasteiger partial charge < -0.3 is 4.74 Å². The van der Waals surface area contributed by atoms with Crippen molar-refractivity contribution in [1.82, 2.24) is 14.3 Å². The molecule has 1 aromatic carbocycles. The van der Waals surface area contributed by atoms with E-state index < -0.39 is 0 Å². The minimum absolute atomic E-state index is 0.120. The minimum Gasteiger partial charge on any atom is -0.468 e. The fourth-order valence-electron chi connectivity index (χ4n) is 3.66. The molecule has 0 unspecified atom stereocenters. The van der Waals surface area contributed by atoms with E-state index in [1.165, 1.54) is 12.7 Å². The molecule has 3 aromatic rings. The van der Waals surface area contributed by atoms with Crippen LogP contribution in [-0.4, -0.2) is 33.4 Å². The zero-order chi connectivity index (χ0) is 19.0. The van der Waals surface area contributed by atoms with Crippen molar-refractivity contribution in [2.75, 3.05) is 7.11 Å². The summed E-state index contributed by atoms with van der Waals surface area (Å²) >= 11 is 0. The first-order valence-electron chi connectivity index (χ1n) is 8.93. The number of aromatic nitrogens is 2. The number of fused-ring (bicyclic) bond motifs is 2. The molecule has 0 amide bonds. The zero-order valence-electron chi connectivity index (χ0n) is 15.4. The first-order valence-corrected chi connectivity index (χ1v) is 8.93. The van der Waals surface area contributed by atoms with E-state index in [1.54, 1.807) is 16.7 Å². The fourth-order valence-corrected chi connectivity index (χ4v) is 3.66. The summed E-state index contributed by atoms with van der Waals surface area (Å²) in [6.45, 7) is 2.96. The molecule has 2 aromatic heterocycles. The van der Waals surface area contributed by atoms with Crippen LogP contribution in [0.25, 0.3) is 5.65 Å². The maximum atomic E-state index is 12.5. The summed E-state index contributed by atoms with van der Waals surface area (Å²) in [5.41, 5.74) is 4.48. The Labute approximate surface area is 157 Å². The molecule has 1 aliphatic heterocycles. The summed E-state index contributed by atoms with van der Waals surface area (Å²) < 4.78 is 6.56. The summed E-state index contributed by atoms with van der Waals surface area (Å²) in [5, 5.41) is 0.